The highest BCUT2D eigenvalue weighted by Crippen LogP contribution is 2.37. The Morgan fingerprint density at radius 1 is 1.04 bits per heavy atom. The Bertz CT molecular complexity index is 574. The molecule has 2 atom stereocenters. The number of piperidine rings is 2. The average Bonchev–Trinajstić information content (AvgIpc) is 3.11. The Morgan fingerprint density at radius 2 is 1.79 bits per heavy atom. The van der Waals surface area contributed by atoms with Crippen molar-refractivity contribution in [1.82, 2.24) is 9.80 Å². The lowest BCUT2D eigenvalue weighted by Crippen LogP contribution is -2.49. The van der Waals surface area contributed by atoms with Gasteiger partial charge in [0.25, 0.3) is 5.91 Å². The first-order valence-electron chi connectivity index (χ1n) is 9.80. The first kappa shape index (κ1) is 16.6. The van der Waals surface area contributed by atoms with Crippen molar-refractivity contribution in [2.24, 2.45) is 5.92 Å². The van der Waals surface area contributed by atoms with Crippen LogP contribution in [0.2, 0.25) is 0 Å². The van der Waals surface area contributed by atoms with Crippen LogP contribution in [-0.4, -0.2) is 48.4 Å². The van der Waals surface area contributed by atoms with Crippen LogP contribution < -0.4 is 0 Å². The Kier molecular flexibility index (Phi) is 4.95. The largest absolute Gasteiger partial charge is 0.335 e. The number of thiophene rings is 1. The van der Waals surface area contributed by atoms with Crippen LogP contribution in [0.5, 0.6) is 0 Å². The van der Waals surface area contributed by atoms with Gasteiger partial charge in [-0.15, -0.1) is 11.3 Å². The molecule has 0 unspecified atom stereocenters. The monoisotopic (exact) mass is 346 g/mol. The number of amides is 1. The third-order valence-electron chi connectivity index (χ3n) is 6.49. The molecule has 0 spiro atoms. The molecule has 2 aliphatic heterocycles. The molecule has 24 heavy (non-hydrogen) atoms. The molecule has 1 amide bonds. The van der Waals surface area contributed by atoms with Crippen molar-refractivity contribution in [3.63, 3.8) is 0 Å². The molecule has 0 aromatic carbocycles. The SMILES string of the molecule is CN1CCC(c2cc(C(=O)N3CCC[C@@H]4CCCC[C@@H]43)cs2)CC1. The number of hydrogen-bond donors (Lipinski definition) is 0. The molecule has 3 heterocycles. The van der Waals surface area contributed by atoms with Crippen molar-refractivity contribution in [2.45, 2.75) is 63.3 Å². The first-order chi connectivity index (χ1) is 11.7. The molecule has 4 rings (SSSR count). The minimum Gasteiger partial charge on any atom is -0.335 e. The Labute approximate surface area is 150 Å². The predicted octanol–water partition coefficient (Wildman–Crippen LogP) is 4.35. The predicted molar refractivity (Wildman–Crippen MR) is 99.8 cm³/mol. The number of rotatable bonds is 2. The van der Waals surface area contributed by atoms with Crippen LogP contribution in [0.4, 0.5) is 0 Å². The maximum absolute atomic E-state index is 13.1. The molecule has 2 saturated heterocycles. The van der Waals surface area contributed by atoms with E-state index < -0.39 is 0 Å². The number of carbonyl (C=O) groups excluding carboxylic acids is 1. The number of fused-ring (bicyclic) bond motifs is 1. The fourth-order valence-corrected chi connectivity index (χ4v) is 6.07. The summed E-state index contributed by atoms with van der Waals surface area (Å²) in [7, 11) is 2.20. The van der Waals surface area contributed by atoms with Gasteiger partial charge in [0.15, 0.2) is 0 Å². The third-order valence-corrected chi connectivity index (χ3v) is 7.59. The van der Waals surface area contributed by atoms with Gasteiger partial charge in [0.2, 0.25) is 0 Å². The number of likely N-dealkylation sites (tertiary alicyclic amines) is 2. The van der Waals surface area contributed by atoms with E-state index in [4.69, 9.17) is 0 Å². The average molecular weight is 347 g/mol. The second-order valence-electron chi connectivity index (χ2n) is 8.07. The third kappa shape index (κ3) is 3.28. The maximum atomic E-state index is 13.1. The quantitative estimate of drug-likeness (QED) is 0.795. The van der Waals surface area contributed by atoms with E-state index >= 15 is 0 Å². The number of carbonyl (C=O) groups is 1. The van der Waals surface area contributed by atoms with Gasteiger partial charge in [-0.3, -0.25) is 4.79 Å². The van der Waals surface area contributed by atoms with Gasteiger partial charge in [-0.2, -0.15) is 0 Å². The van der Waals surface area contributed by atoms with Gasteiger partial charge < -0.3 is 9.80 Å². The van der Waals surface area contributed by atoms with E-state index in [1.807, 2.05) is 11.3 Å². The summed E-state index contributed by atoms with van der Waals surface area (Å²) in [6, 6.07) is 2.74. The molecule has 3 aliphatic rings. The first-order valence-corrected chi connectivity index (χ1v) is 10.7. The van der Waals surface area contributed by atoms with Gasteiger partial charge in [-0.05, 0) is 76.6 Å². The van der Waals surface area contributed by atoms with Crippen LogP contribution in [0.3, 0.4) is 0 Å². The lowest BCUT2D eigenvalue weighted by molar-refractivity contribution is 0.0391. The minimum atomic E-state index is 0.307. The van der Waals surface area contributed by atoms with E-state index in [2.05, 4.69) is 28.3 Å². The molecule has 0 bridgehead atoms. The zero-order chi connectivity index (χ0) is 16.5. The van der Waals surface area contributed by atoms with Crippen LogP contribution >= 0.6 is 11.3 Å². The molecule has 0 N–H and O–H groups in total. The van der Waals surface area contributed by atoms with Crippen LogP contribution in [0.15, 0.2) is 11.4 Å². The van der Waals surface area contributed by atoms with Crippen molar-refractivity contribution >= 4 is 17.2 Å². The highest BCUT2D eigenvalue weighted by atomic mass is 32.1. The van der Waals surface area contributed by atoms with Gasteiger partial charge in [0, 0.05) is 22.8 Å². The maximum Gasteiger partial charge on any atom is 0.254 e. The topological polar surface area (TPSA) is 23.6 Å². The summed E-state index contributed by atoms with van der Waals surface area (Å²) in [6.45, 7) is 3.34. The summed E-state index contributed by atoms with van der Waals surface area (Å²) in [5, 5.41) is 2.13. The summed E-state index contributed by atoms with van der Waals surface area (Å²) >= 11 is 1.81. The van der Waals surface area contributed by atoms with Crippen molar-refractivity contribution in [3.05, 3.63) is 21.9 Å². The smallest absolute Gasteiger partial charge is 0.254 e. The van der Waals surface area contributed by atoms with E-state index in [0.717, 1.165) is 18.0 Å². The summed E-state index contributed by atoms with van der Waals surface area (Å²) in [5.74, 6) is 1.74. The molecule has 4 heteroatoms. The zero-order valence-electron chi connectivity index (χ0n) is 14.9. The lowest BCUT2D eigenvalue weighted by atomic mass is 9.78. The van der Waals surface area contributed by atoms with E-state index in [0.29, 0.717) is 17.9 Å². The molecule has 1 aromatic rings. The second-order valence-corrected chi connectivity index (χ2v) is 9.01. The fraction of sp³-hybridized carbons (Fsp3) is 0.750. The van der Waals surface area contributed by atoms with Gasteiger partial charge in [-0.1, -0.05) is 12.8 Å². The summed E-state index contributed by atoms with van der Waals surface area (Å²) in [4.78, 5) is 19.2. The molecule has 3 fully saturated rings. The van der Waals surface area contributed by atoms with Crippen molar-refractivity contribution in [1.29, 1.82) is 0 Å². The number of nitrogens with zero attached hydrogens (tertiary/aromatic N) is 2. The van der Waals surface area contributed by atoms with E-state index in [9.17, 15) is 4.79 Å². The van der Waals surface area contributed by atoms with Crippen LogP contribution in [-0.2, 0) is 0 Å². The molecule has 1 saturated carbocycles. The lowest BCUT2D eigenvalue weighted by Gasteiger charge is -2.44. The molecule has 1 aromatic heterocycles. The summed E-state index contributed by atoms with van der Waals surface area (Å²) < 4.78 is 0. The molecule has 132 valence electrons. The highest BCUT2D eigenvalue weighted by molar-refractivity contribution is 7.10. The molecule has 3 nitrogen and oxygen atoms in total. The van der Waals surface area contributed by atoms with Crippen LogP contribution in [0.25, 0.3) is 0 Å². The molecular formula is C20H30N2OS. The minimum absolute atomic E-state index is 0.307. The standard InChI is InChI=1S/C20H30N2OS/c1-21-11-8-16(9-12-21)19-13-17(14-24-19)20(23)22-10-4-6-15-5-2-3-7-18(15)22/h13-16,18H,2-12H2,1H3/t15-,18-/m0/s1. The zero-order valence-corrected chi connectivity index (χ0v) is 15.7. The van der Waals surface area contributed by atoms with Crippen LogP contribution in [0.1, 0.15) is 72.5 Å². The summed E-state index contributed by atoms with van der Waals surface area (Å²) in [5.41, 5.74) is 0.958. The summed E-state index contributed by atoms with van der Waals surface area (Å²) in [6.07, 6.45) is 10.2. The Balaban J connectivity index is 1.46. The van der Waals surface area contributed by atoms with Gasteiger partial charge in [0.1, 0.15) is 0 Å². The van der Waals surface area contributed by atoms with Gasteiger partial charge >= 0.3 is 0 Å². The Morgan fingerprint density at radius 3 is 2.62 bits per heavy atom. The van der Waals surface area contributed by atoms with Crippen molar-refractivity contribution in [2.75, 3.05) is 26.7 Å². The fourth-order valence-electron chi connectivity index (χ4n) is 5.01. The van der Waals surface area contributed by atoms with Crippen molar-refractivity contribution in [3.8, 4) is 0 Å². The van der Waals surface area contributed by atoms with Crippen molar-refractivity contribution < 1.29 is 4.79 Å². The number of hydrogen-bond acceptors (Lipinski definition) is 3. The van der Waals surface area contributed by atoms with E-state index in [1.54, 1.807) is 0 Å². The molecule has 1 aliphatic carbocycles. The van der Waals surface area contributed by atoms with Crippen LogP contribution in [0, 0.1) is 5.92 Å². The second kappa shape index (κ2) is 7.17. The van der Waals surface area contributed by atoms with E-state index in [-0.39, 0.29) is 0 Å². The van der Waals surface area contributed by atoms with E-state index in [1.165, 1.54) is 69.3 Å². The Hall–Kier alpha value is -0.870. The van der Waals surface area contributed by atoms with Gasteiger partial charge in [0.05, 0.1) is 5.56 Å². The normalized spacial score (nSPS) is 29.5. The van der Waals surface area contributed by atoms with Gasteiger partial charge in [-0.25, -0.2) is 0 Å². The molecular weight excluding hydrogens is 316 g/mol. The highest BCUT2D eigenvalue weighted by Gasteiger charge is 2.36. The molecule has 0 radical (unpaired) electrons.